The van der Waals surface area contributed by atoms with E-state index in [0.717, 1.165) is 16.0 Å². The van der Waals surface area contributed by atoms with E-state index in [1.165, 1.54) is 11.1 Å². The molecule has 0 N–H and O–H groups in total. The Morgan fingerprint density at radius 1 is 1.18 bits per heavy atom. The first-order valence-electron chi connectivity index (χ1n) is 5.56. The molecular weight excluding hydrogens is 280 g/mol. The molecular formula is C12H15BrN4. The molecule has 1 heterocycles. The normalized spacial score (nSPS) is 11.2. The third-order valence-corrected chi connectivity index (χ3v) is 3.93. The molecule has 2 rings (SSSR count). The topological polar surface area (TPSA) is 43.6 Å². The summed E-state index contributed by atoms with van der Waals surface area (Å²) in [6.45, 7) is 8.31. The average molecular weight is 295 g/mol. The zero-order valence-corrected chi connectivity index (χ0v) is 12.0. The van der Waals surface area contributed by atoms with Gasteiger partial charge in [0.2, 0.25) is 0 Å². The molecule has 5 heteroatoms. The summed E-state index contributed by atoms with van der Waals surface area (Å²) in [5, 5.41) is 11.9. The smallest absolute Gasteiger partial charge is 0.159 e. The lowest BCUT2D eigenvalue weighted by molar-refractivity contribution is 0.709. The minimum atomic E-state index is 0.300. The fourth-order valence-electron chi connectivity index (χ4n) is 1.78. The molecule has 90 valence electrons. The highest BCUT2D eigenvalue weighted by Crippen LogP contribution is 2.25. The summed E-state index contributed by atoms with van der Waals surface area (Å²) in [5.74, 6) is 1.18. The van der Waals surface area contributed by atoms with Crippen molar-refractivity contribution >= 4 is 15.9 Å². The van der Waals surface area contributed by atoms with Gasteiger partial charge >= 0.3 is 0 Å². The molecule has 1 aromatic heterocycles. The molecule has 0 unspecified atom stereocenters. The van der Waals surface area contributed by atoms with Crippen molar-refractivity contribution in [2.75, 3.05) is 0 Å². The van der Waals surface area contributed by atoms with Crippen LogP contribution in [0.4, 0.5) is 0 Å². The summed E-state index contributed by atoms with van der Waals surface area (Å²) >= 11 is 3.56. The number of halogens is 1. The van der Waals surface area contributed by atoms with Crippen molar-refractivity contribution in [1.82, 2.24) is 20.2 Å². The number of tetrazole rings is 1. The second kappa shape index (κ2) is 4.56. The van der Waals surface area contributed by atoms with Gasteiger partial charge in [-0.15, -0.1) is 5.10 Å². The fourth-order valence-corrected chi connectivity index (χ4v) is 2.01. The van der Waals surface area contributed by atoms with Gasteiger partial charge in [-0.25, -0.2) is 0 Å². The van der Waals surface area contributed by atoms with Gasteiger partial charge in [0.15, 0.2) is 5.82 Å². The van der Waals surface area contributed by atoms with Crippen molar-refractivity contribution in [3.63, 3.8) is 0 Å². The van der Waals surface area contributed by atoms with Crippen LogP contribution >= 0.6 is 15.9 Å². The van der Waals surface area contributed by atoms with Crippen LogP contribution in [-0.2, 0) is 0 Å². The van der Waals surface area contributed by atoms with Crippen LogP contribution in [0.1, 0.15) is 36.7 Å². The quantitative estimate of drug-likeness (QED) is 0.854. The van der Waals surface area contributed by atoms with Gasteiger partial charge in [-0.05, 0) is 47.5 Å². The lowest BCUT2D eigenvalue weighted by Crippen LogP contribution is -2.05. The largest absolute Gasteiger partial charge is 0.197 e. The van der Waals surface area contributed by atoms with E-state index >= 15 is 0 Å². The predicted octanol–water partition coefficient (Wildman–Crippen LogP) is 3.17. The SMILES string of the molecule is Cc1cc(-n2nnnc2C(C)C)cc(C)c1Br. The van der Waals surface area contributed by atoms with Gasteiger partial charge in [0, 0.05) is 10.4 Å². The van der Waals surface area contributed by atoms with E-state index in [9.17, 15) is 0 Å². The van der Waals surface area contributed by atoms with Gasteiger partial charge in [0.1, 0.15) is 0 Å². The van der Waals surface area contributed by atoms with Gasteiger partial charge in [-0.3, -0.25) is 0 Å². The molecule has 17 heavy (non-hydrogen) atoms. The van der Waals surface area contributed by atoms with Crippen molar-refractivity contribution in [2.45, 2.75) is 33.6 Å². The molecule has 0 aliphatic carbocycles. The van der Waals surface area contributed by atoms with Crippen molar-refractivity contribution in [1.29, 1.82) is 0 Å². The number of hydrogen-bond acceptors (Lipinski definition) is 3. The minimum absolute atomic E-state index is 0.300. The standard InChI is InChI=1S/C12H15BrN4/c1-7(2)12-14-15-16-17(12)10-5-8(3)11(13)9(4)6-10/h5-7H,1-4H3. The van der Waals surface area contributed by atoms with Gasteiger partial charge in [0.25, 0.3) is 0 Å². The Hall–Kier alpha value is -1.23. The van der Waals surface area contributed by atoms with Gasteiger partial charge in [0.05, 0.1) is 5.69 Å². The first kappa shape index (κ1) is 12.2. The number of nitrogens with zero attached hydrogens (tertiary/aromatic N) is 4. The monoisotopic (exact) mass is 294 g/mol. The van der Waals surface area contributed by atoms with Crippen LogP contribution in [0.15, 0.2) is 16.6 Å². The Kier molecular flexibility index (Phi) is 3.28. The van der Waals surface area contributed by atoms with E-state index in [-0.39, 0.29) is 0 Å². The third kappa shape index (κ3) is 2.24. The molecule has 0 radical (unpaired) electrons. The highest BCUT2D eigenvalue weighted by molar-refractivity contribution is 9.10. The molecule has 0 amide bonds. The number of rotatable bonds is 2. The Labute approximate surface area is 109 Å². The summed E-state index contributed by atoms with van der Waals surface area (Å²) in [7, 11) is 0. The molecule has 0 saturated heterocycles. The summed E-state index contributed by atoms with van der Waals surface area (Å²) in [4.78, 5) is 0. The maximum Gasteiger partial charge on any atom is 0.159 e. The first-order valence-corrected chi connectivity index (χ1v) is 6.35. The lowest BCUT2D eigenvalue weighted by atomic mass is 10.1. The number of benzene rings is 1. The minimum Gasteiger partial charge on any atom is -0.197 e. The molecule has 0 bridgehead atoms. The number of aryl methyl sites for hydroxylation is 2. The van der Waals surface area contributed by atoms with Crippen molar-refractivity contribution in [3.05, 3.63) is 33.6 Å². The average Bonchev–Trinajstić information content (AvgIpc) is 2.74. The molecule has 4 nitrogen and oxygen atoms in total. The third-order valence-electron chi connectivity index (χ3n) is 2.68. The maximum atomic E-state index is 4.06. The van der Waals surface area contributed by atoms with Crippen LogP contribution in [0.2, 0.25) is 0 Å². The van der Waals surface area contributed by atoms with Crippen LogP contribution < -0.4 is 0 Å². The Balaban J connectivity index is 2.57. The molecule has 0 fully saturated rings. The van der Waals surface area contributed by atoms with Crippen LogP contribution in [0, 0.1) is 13.8 Å². The van der Waals surface area contributed by atoms with Gasteiger partial charge in [-0.1, -0.05) is 29.8 Å². The summed E-state index contributed by atoms with van der Waals surface area (Å²) in [6.07, 6.45) is 0. The van der Waals surface area contributed by atoms with E-state index in [0.29, 0.717) is 5.92 Å². The van der Waals surface area contributed by atoms with Crippen molar-refractivity contribution < 1.29 is 0 Å². The predicted molar refractivity (Wildman–Crippen MR) is 70.4 cm³/mol. The van der Waals surface area contributed by atoms with Crippen LogP contribution in [0.5, 0.6) is 0 Å². The zero-order chi connectivity index (χ0) is 12.6. The van der Waals surface area contributed by atoms with E-state index in [2.05, 4.69) is 71.3 Å². The van der Waals surface area contributed by atoms with Gasteiger partial charge in [-0.2, -0.15) is 4.68 Å². The Bertz CT molecular complexity index is 522. The van der Waals surface area contributed by atoms with Crippen LogP contribution in [-0.4, -0.2) is 20.2 Å². The molecule has 1 aromatic carbocycles. The summed E-state index contributed by atoms with van der Waals surface area (Å²) in [6, 6.07) is 4.17. The summed E-state index contributed by atoms with van der Waals surface area (Å²) in [5.41, 5.74) is 3.38. The molecule has 0 atom stereocenters. The Morgan fingerprint density at radius 3 is 2.29 bits per heavy atom. The van der Waals surface area contributed by atoms with Crippen molar-refractivity contribution in [3.8, 4) is 5.69 Å². The Morgan fingerprint density at radius 2 is 1.76 bits per heavy atom. The molecule has 0 saturated carbocycles. The molecule has 0 spiro atoms. The van der Waals surface area contributed by atoms with Crippen LogP contribution in [0.3, 0.4) is 0 Å². The zero-order valence-electron chi connectivity index (χ0n) is 10.4. The van der Waals surface area contributed by atoms with E-state index in [1.54, 1.807) is 4.68 Å². The molecule has 0 aliphatic heterocycles. The van der Waals surface area contributed by atoms with Gasteiger partial charge < -0.3 is 0 Å². The number of hydrogen-bond donors (Lipinski definition) is 0. The first-order chi connectivity index (χ1) is 8.00. The maximum absolute atomic E-state index is 4.06. The van der Waals surface area contributed by atoms with Crippen molar-refractivity contribution in [2.24, 2.45) is 0 Å². The second-order valence-corrected chi connectivity index (χ2v) is 5.29. The number of aromatic nitrogens is 4. The van der Waals surface area contributed by atoms with Crippen LogP contribution in [0.25, 0.3) is 5.69 Å². The fraction of sp³-hybridized carbons (Fsp3) is 0.417. The highest BCUT2D eigenvalue weighted by Gasteiger charge is 2.13. The molecule has 2 aromatic rings. The van der Waals surface area contributed by atoms with E-state index in [4.69, 9.17) is 0 Å². The highest BCUT2D eigenvalue weighted by atomic mass is 79.9. The van der Waals surface area contributed by atoms with E-state index in [1.807, 2.05) is 0 Å². The molecule has 0 aliphatic rings. The lowest BCUT2D eigenvalue weighted by Gasteiger charge is -2.10. The van der Waals surface area contributed by atoms with E-state index < -0.39 is 0 Å². The summed E-state index contributed by atoms with van der Waals surface area (Å²) < 4.78 is 2.94. The second-order valence-electron chi connectivity index (χ2n) is 4.50.